The molecule has 1 rings (SSSR count). The highest BCUT2D eigenvalue weighted by molar-refractivity contribution is 5.83. The molecule has 0 fully saturated rings. The topological polar surface area (TPSA) is 34.1 Å². The first-order chi connectivity index (χ1) is 5.81. The van der Waals surface area contributed by atoms with Gasteiger partial charge in [0.1, 0.15) is 6.29 Å². The van der Waals surface area contributed by atoms with Crippen LogP contribution in [0.15, 0.2) is 18.2 Å². The van der Waals surface area contributed by atoms with E-state index in [2.05, 4.69) is 5.92 Å². The maximum Gasteiger partial charge on any atom is 0.151 e. The van der Waals surface area contributed by atoms with Crippen LogP contribution in [0.4, 0.5) is 0 Å². The zero-order chi connectivity index (χ0) is 8.97. The summed E-state index contributed by atoms with van der Waals surface area (Å²) in [6.45, 7) is 0. The highest BCUT2D eigenvalue weighted by atomic mass is 16.1. The van der Waals surface area contributed by atoms with E-state index in [1.165, 1.54) is 12.1 Å². The average Bonchev–Trinajstić information content (AvgIpc) is 2.16. The van der Waals surface area contributed by atoms with E-state index in [0.717, 1.165) is 0 Å². The molecule has 0 saturated carbocycles. The largest absolute Gasteiger partial charge is 0.298 e. The fourth-order valence-electron chi connectivity index (χ4n) is 0.875. The molecule has 0 spiro atoms. The molecule has 0 heterocycles. The van der Waals surface area contributed by atoms with Gasteiger partial charge in [-0.15, -0.1) is 6.42 Å². The standard InChI is InChI=1S/C10H6O2/c1-2-9-5-8(6-11)3-4-10(9)7-12/h1,3-7H. The maximum atomic E-state index is 10.4. The van der Waals surface area contributed by atoms with Gasteiger partial charge in [-0.1, -0.05) is 12.0 Å². The Morgan fingerprint density at radius 1 is 1.25 bits per heavy atom. The first-order valence-corrected chi connectivity index (χ1v) is 3.33. The van der Waals surface area contributed by atoms with Crippen molar-refractivity contribution in [3.63, 3.8) is 0 Å². The second-order valence-electron chi connectivity index (χ2n) is 2.23. The van der Waals surface area contributed by atoms with Crippen molar-refractivity contribution in [3.8, 4) is 12.3 Å². The Hall–Kier alpha value is -1.88. The van der Waals surface area contributed by atoms with Gasteiger partial charge in [-0.3, -0.25) is 9.59 Å². The van der Waals surface area contributed by atoms with Crippen molar-refractivity contribution in [3.05, 3.63) is 34.9 Å². The summed E-state index contributed by atoms with van der Waals surface area (Å²) in [4.78, 5) is 20.7. The number of terminal acetylenes is 1. The summed E-state index contributed by atoms with van der Waals surface area (Å²) in [5, 5.41) is 0. The average molecular weight is 158 g/mol. The van der Waals surface area contributed by atoms with Crippen LogP contribution in [0.1, 0.15) is 26.3 Å². The van der Waals surface area contributed by atoms with Gasteiger partial charge < -0.3 is 0 Å². The van der Waals surface area contributed by atoms with Gasteiger partial charge in [-0.25, -0.2) is 0 Å². The Bertz CT molecular complexity index is 359. The van der Waals surface area contributed by atoms with Gasteiger partial charge in [0, 0.05) is 16.7 Å². The second kappa shape index (κ2) is 3.49. The summed E-state index contributed by atoms with van der Waals surface area (Å²) in [6.07, 6.45) is 6.49. The van der Waals surface area contributed by atoms with E-state index in [4.69, 9.17) is 6.42 Å². The molecule has 0 N–H and O–H groups in total. The molecule has 0 radical (unpaired) electrons. The predicted molar refractivity (Wildman–Crippen MR) is 45.2 cm³/mol. The number of carbonyl (C=O) groups is 2. The molecule has 58 valence electrons. The van der Waals surface area contributed by atoms with Gasteiger partial charge in [0.15, 0.2) is 6.29 Å². The molecule has 12 heavy (non-hydrogen) atoms. The van der Waals surface area contributed by atoms with Crippen LogP contribution in [0.5, 0.6) is 0 Å². The Balaban J connectivity index is 3.30. The number of aldehydes is 2. The van der Waals surface area contributed by atoms with E-state index in [9.17, 15) is 9.59 Å². The third kappa shape index (κ3) is 1.40. The SMILES string of the molecule is C#Cc1cc(C=O)ccc1C=O. The van der Waals surface area contributed by atoms with Crippen LogP contribution in [0.2, 0.25) is 0 Å². The molecule has 2 heteroatoms. The van der Waals surface area contributed by atoms with Crippen molar-refractivity contribution in [1.29, 1.82) is 0 Å². The van der Waals surface area contributed by atoms with Gasteiger partial charge in [0.2, 0.25) is 0 Å². The van der Waals surface area contributed by atoms with Crippen molar-refractivity contribution in [2.45, 2.75) is 0 Å². The molecule has 0 amide bonds. The van der Waals surface area contributed by atoms with Crippen LogP contribution >= 0.6 is 0 Å². The van der Waals surface area contributed by atoms with Crippen molar-refractivity contribution in [2.75, 3.05) is 0 Å². The molecule has 0 aliphatic rings. The minimum atomic E-state index is 0.433. The third-order valence-electron chi connectivity index (χ3n) is 1.50. The molecule has 0 aliphatic carbocycles. The lowest BCUT2D eigenvalue weighted by atomic mass is 10.1. The van der Waals surface area contributed by atoms with E-state index >= 15 is 0 Å². The summed E-state index contributed by atoms with van der Waals surface area (Å²) in [5.41, 5.74) is 1.37. The van der Waals surface area contributed by atoms with E-state index in [1.807, 2.05) is 0 Å². The van der Waals surface area contributed by atoms with Crippen LogP contribution < -0.4 is 0 Å². The molecule has 1 aromatic carbocycles. The van der Waals surface area contributed by atoms with Crippen molar-refractivity contribution >= 4 is 12.6 Å². The highest BCUT2D eigenvalue weighted by Crippen LogP contribution is 2.07. The molecule has 0 unspecified atom stereocenters. The molecule has 0 aromatic heterocycles. The normalized spacial score (nSPS) is 8.58. The van der Waals surface area contributed by atoms with Gasteiger partial charge in [0.05, 0.1) is 0 Å². The molecular weight excluding hydrogens is 152 g/mol. The van der Waals surface area contributed by atoms with Crippen LogP contribution in [-0.2, 0) is 0 Å². The molecular formula is C10H6O2. The van der Waals surface area contributed by atoms with Gasteiger partial charge >= 0.3 is 0 Å². The van der Waals surface area contributed by atoms with Gasteiger partial charge in [0.25, 0.3) is 0 Å². The first-order valence-electron chi connectivity index (χ1n) is 3.33. The van der Waals surface area contributed by atoms with Crippen molar-refractivity contribution < 1.29 is 9.59 Å². The minimum absolute atomic E-state index is 0.433. The summed E-state index contributed by atoms with van der Waals surface area (Å²) in [5.74, 6) is 2.33. The Labute approximate surface area is 70.2 Å². The molecule has 2 nitrogen and oxygen atoms in total. The van der Waals surface area contributed by atoms with Crippen molar-refractivity contribution in [2.24, 2.45) is 0 Å². The Morgan fingerprint density at radius 3 is 2.50 bits per heavy atom. The van der Waals surface area contributed by atoms with Crippen LogP contribution in [0.25, 0.3) is 0 Å². The number of rotatable bonds is 2. The summed E-state index contributed by atoms with van der Waals surface area (Å²) >= 11 is 0. The lowest BCUT2D eigenvalue weighted by molar-refractivity contribution is 0.111. The van der Waals surface area contributed by atoms with Crippen LogP contribution in [0, 0.1) is 12.3 Å². The van der Waals surface area contributed by atoms with Gasteiger partial charge in [-0.05, 0) is 12.1 Å². The summed E-state index contributed by atoms with van der Waals surface area (Å²) < 4.78 is 0. The zero-order valence-electron chi connectivity index (χ0n) is 6.28. The van der Waals surface area contributed by atoms with Crippen molar-refractivity contribution in [1.82, 2.24) is 0 Å². The fraction of sp³-hybridized carbons (Fsp3) is 0. The molecule has 1 aromatic rings. The van der Waals surface area contributed by atoms with E-state index < -0.39 is 0 Å². The maximum absolute atomic E-state index is 10.4. The lowest BCUT2D eigenvalue weighted by Crippen LogP contribution is -1.89. The third-order valence-corrected chi connectivity index (χ3v) is 1.50. The number of hydrogen-bond acceptors (Lipinski definition) is 2. The van der Waals surface area contributed by atoms with Crippen LogP contribution in [0.3, 0.4) is 0 Å². The van der Waals surface area contributed by atoms with Gasteiger partial charge in [-0.2, -0.15) is 0 Å². The highest BCUT2D eigenvalue weighted by Gasteiger charge is 1.99. The number of hydrogen-bond donors (Lipinski definition) is 0. The summed E-state index contributed by atoms with van der Waals surface area (Å²) in [6, 6.07) is 4.60. The molecule has 0 aliphatic heterocycles. The van der Waals surface area contributed by atoms with Crippen LogP contribution in [-0.4, -0.2) is 12.6 Å². The Kier molecular flexibility index (Phi) is 2.39. The van der Waals surface area contributed by atoms with E-state index in [1.54, 1.807) is 6.07 Å². The first kappa shape index (κ1) is 8.22. The quantitative estimate of drug-likeness (QED) is 0.480. The second-order valence-corrected chi connectivity index (χ2v) is 2.23. The zero-order valence-corrected chi connectivity index (χ0v) is 6.28. The Morgan fingerprint density at radius 2 is 2.00 bits per heavy atom. The monoisotopic (exact) mass is 158 g/mol. The minimum Gasteiger partial charge on any atom is -0.298 e. The molecule has 0 atom stereocenters. The predicted octanol–water partition coefficient (Wildman–Crippen LogP) is 1.29. The van der Waals surface area contributed by atoms with E-state index in [0.29, 0.717) is 29.3 Å². The number of benzene rings is 1. The number of carbonyl (C=O) groups excluding carboxylic acids is 2. The lowest BCUT2D eigenvalue weighted by Gasteiger charge is -1.96. The molecule has 0 bridgehead atoms. The van der Waals surface area contributed by atoms with E-state index in [-0.39, 0.29) is 0 Å². The molecule has 0 saturated heterocycles. The summed E-state index contributed by atoms with van der Waals surface area (Å²) in [7, 11) is 0. The fourth-order valence-corrected chi connectivity index (χ4v) is 0.875. The smallest absolute Gasteiger partial charge is 0.151 e.